The second kappa shape index (κ2) is 7.24. The van der Waals surface area contributed by atoms with E-state index in [0.717, 1.165) is 12.1 Å². The van der Waals surface area contributed by atoms with Crippen LogP contribution in [0.4, 0.5) is 17.6 Å². The fourth-order valence-electron chi connectivity index (χ4n) is 1.97. The Hall–Kier alpha value is -2.12. The van der Waals surface area contributed by atoms with Gasteiger partial charge in [0.1, 0.15) is 11.9 Å². The topological polar surface area (TPSA) is 66.4 Å². The van der Waals surface area contributed by atoms with Crippen molar-refractivity contribution in [3.63, 3.8) is 0 Å². The first kappa shape index (κ1) is 17.9. The van der Waals surface area contributed by atoms with Crippen LogP contribution in [0.15, 0.2) is 24.3 Å². The monoisotopic (exact) mass is 321 g/mol. The number of alkyl halides is 3. The van der Waals surface area contributed by atoms with Crippen molar-refractivity contribution in [3.05, 3.63) is 35.6 Å². The molecule has 2 atom stereocenters. The molecule has 4 nitrogen and oxygen atoms in total. The molecule has 0 radical (unpaired) electrons. The van der Waals surface area contributed by atoms with Gasteiger partial charge in [-0.1, -0.05) is 19.1 Å². The number of aliphatic carboxylic acids is 1. The van der Waals surface area contributed by atoms with Gasteiger partial charge in [-0.3, -0.25) is 4.79 Å². The number of carbonyl (C=O) groups excluding carboxylic acids is 1. The highest BCUT2D eigenvalue weighted by Crippen LogP contribution is 2.24. The molecule has 1 amide bonds. The Labute approximate surface area is 124 Å². The highest BCUT2D eigenvalue weighted by atomic mass is 19.4. The van der Waals surface area contributed by atoms with Gasteiger partial charge < -0.3 is 10.4 Å². The molecule has 122 valence electrons. The SMILES string of the molecule is CCC(C(=O)NC(CC(F)(F)F)C(=O)O)c1ccc(F)cc1. The van der Waals surface area contributed by atoms with Crippen LogP contribution in [0.2, 0.25) is 0 Å². The van der Waals surface area contributed by atoms with Gasteiger partial charge >= 0.3 is 12.1 Å². The van der Waals surface area contributed by atoms with Crippen molar-refractivity contribution in [2.45, 2.75) is 37.9 Å². The van der Waals surface area contributed by atoms with Crippen LogP contribution in [-0.4, -0.2) is 29.2 Å². The smallest absolute Gasteiger partial charge is 0.391 e. The summed E-state index contributed by atoms with van der Waals surface area (Å²) in [6, 6.07) is 2.86. The van der Waals surface area contributed by atoms with Crippen molar-refractivity contribution in [2.75, 3.05) is 0 Å². The number of carbonyl (C=O) groups is 2. The molecule has 1 rings (SSSR count). The summed E-state index contributed by atoms with van der Waals surface area (Å²) in [5, 5.41) is 10.7. The molecule has 0 saturated carbocycles. The van der Waals surface area contributed by atoms with E-state index < -0.39 is 42.3 Å². The predicted octanol–water partition coefficient (Wildman–Crippen LogP) is 2.84. The number of halogens is 4. The maximum absolute atomic E-state index is 12.9. The second-order valence-corrected chi connectivity index (χ2v) is 4.73. The van der Waals surface area contributed by atoms with E-state index >= 15 is 0 Å². The molecule has 0 aliphatic heterocycles. The molecule has 2 N–H and O–H groups in total. The summed E-state index contributed by atoms with van der Waals surface area (Å²) >= 11 is 0. The lowest BCUT2D eigenvalue weighted by Gasteiger charge is -2.20. The third kappa shape index (κ3) is 5.34. The molecule has 0 saturated heterocycles. The van der Waals surface area contributed by atoms with Crippen LogP contribution < -0.4 is 5.32 Å². The van der Waals surface area contributed by atoms with Crippen molar-refractivity contribution in [1.29, 1.82) is 0 Å². The van der Waals surface area contributed by atoms with E-state index in [0.29, 0.717) is 5.56 Å². The van der Waals surface area contributed by atoms with Gasteiger partial charge in [0.05, 0.1) is 12.3 Å². The zero-order chi connectivity index (χ0) is 16.9. The fourth-order valence-corrected chi connectivity index (χ4v) is 1.97. The fraction of sp³-hybridized carbons (Fsp3) is 0.429. The highest BCUT2D eigenvalue weighted by molar-refractivity contribution is 5.88. The lowest BCUT2D eigenvalue weighted by molar-refractivity contribution is -0.160. The zero-order valence-electron chi connectivity index (χ0n) is 11.7. The van der Waals surface area contributed by atoms with Crippen molar-refractivity contribution >= 4 is 11.9 Å². The number of nitrogens with one attached hydrogen (secondary N) is 1. The number of carboxylic acid groups (broad SMARTS) is 1. The summed E-state index contributed by atoms with van der Waals surface area (Å²) in [5.74, 6) is -3.97. The summed E-state index contributed by atoms with van der Waals surface area (Å²) in [6.07, 6.45) is -6.14. The maximum Gasteiger partial charge on any atom is 0.391 e. The van der Waals surface area contributed by atoms with Crippen molar-refractivity contribution in [1.82, 2.24) is 5.32 Å². The van der Waals surface area contributed by atoms with Gasteiger partial charge in [0.15, 0.2) is 0 Å². The van der Waals surface area contributed by atoms with Crippen molar-refractivity contribution in [2.24, 2.45) is 0 Å². The minimum Gasteiger partial charge on any atom is -0.480 e. The second-order valence-electron chi connectivity index (χ2n) is 4.73. The average molecular weight is 321 g/mol. The average Bonchev–Trinajstić information content (AvgIpc) is 2.39. The van der Waals surface area contributed by atoms with Crippen LogP contribution in [0.3, 0.4) is 0 Å². The Bertz CT molecular complexity index is 528. The number of benzene rings is 1. The van der Waals surface area contributed by atoms with Crippen molar-refractivity contribution < 1.29 is 32.3 Å². The first-order chi connectivity index (χ1) is 10.1. The summed E-state index contributed by atoms with van der Waals surface area (Å²) < 4.78 is 49.8. The van der Waals surface area contributed by atoms with Gasteiger partial charge in [-0.2, -0.15) is 13.2 Å². The van der Waals surface area contributed by atoms with E-state index in [1.54, 1.807) is 6.92 Å². The van der Waals surface area contributed by atoms with Gasteiger partial charge in [0, 0.05) is 0 Å². The quantitative estimate of drug-likeness (QED) is 0.792. The first-order valence-electron chi connectivity index (χ1n) is 6.49. The lowest BCUT2D eigenvalue weighted by atomic mass is 9.95. The van der Waals surface area contributed by atoms with Gasteiger partial charge in [0.2, 0.25) is 5.91 Å². The van der Waals surface area contributed by atoms with Gasteiger partial charge in [-0.15, -0.1) is 0 Å². The van der Waals surface area contributed by atoms with E-state index in [1.165, 1.54) is 12.1 Å². The molecule has 0 aliphatic rings. The predicted molar refractivity (Wildman–Crippen MR) is 69.7 cm³/mol. The number of hydrogen-bond donors (Lipinski definition) is 2. The van der Waals surface area contributed by atoms with Crippen molar-refractivity contribution in [3.8, 4) is 0 Å². The molecule has 0 aliphatic carbocycles. The number of amides is 1. The van der Waals surface area contributed by atoms with Gasteiger partial charge in [-0.05, 0) is 24.1 Å². The Morgan fingerprint density at radius 3 is 2.18 bits per heavy atom. The normalized spacial score (nSPS) is 14.2. The highest BCUT2D eigenvalue weighted by Gasteiger charge is 2.37. The van der Waals surface area contributed by atoms with Gasteiger partial charge in [0.25, 0.3) is 0 Å². The number of rotatable bonds is 6. The Kier molecular flexibility index (Phi) is 5.90. The van der Waals surface area contributed by atoms with E-state index in [1.807, 2.05) is 5.32 Å². The molecule has 8 heteroatoms. The maximum atomic E-state index is 12.9. The molecule has 1 aromatic carbocycles. The summed E-state index contributed by atoms with van der Waals surface area (Å²) in [5.41, 5.74) is 0.401. The standard InChI is InChI=1S/C14H15F4NO3/c1-2-10(8-3-5-9(15)6-4-8)12(20)19-11(13(21)22)7-14(16,17)18/h3-6,10-11H,2,7H2,1H3,(H,19,20)(H,21,22). The molecule has 0 fully saturated rings. The van der Waals surface area contributed by atoms with E-state index in [4.69, 9.17) is 5.11 Å². The van der Waals surface area contributed by atoms with Crippen LogP contribution in [0.1, 0.15) is 31.2 Å². The third-order valence-corrected chi connectivity index (χ3v) is 3.05. The largest absolute Gasteiger partial charge is 0.480 e. The first-order valence-corrected chi connectivity index (χ1v) is 6.49. The summed E-state index contributed by atoms with van der Waals surface area (Å²) in [7, 11) is 0. The molecule has 1 aromatic rings. The molecule has 0 spiro atoms. The van der Waals surface area contributed by atoms with E-state index in [9.17, 15) is 27.2 Å². The van der Waals surface area contributed by atoms with Crippen LogP contribution in [0, 0.1) is 5.82 Å². The molecule has 2 unspecified atom stereocenters. The lowest BCUT2D eigenvalue weighted by Crippen LogP contribution is -2.45. The minimum atomic E-state index is -4.71. The molecular weight excluding hydrogens is 306 g/mol. The molecule has 0 bridgehead atoms. The third-order valence-electron chi connectivity index (χ3n) is 3.05. The molecular formula is C14H15F4NO3. The summed E-state index contributed by atoms with van der Waals surface area (Å²) in [6.45, 7) is 1.62. The number of carboxylic acids is 1. The molecule has 0 heterocycles. The number of hydrogen-bond acceptors (Lipinski definition) is 2. The Balaban J connectivity index is 2.86. The van der Waals surface area contributed by atoms with Crippen LogP contribution in [0.5, 0.6) is 0 Å². The van der Waals surface area contributed by atoms with E-state index in [-0.39, 0.29) is 6.42 Å². The van der Waals surface area contributed by atoms with Gasteiger partial charge in [-0.25, -0.2) is 9.18 Å². The Morgan fingerprint density at radius 2 is 1.77 bits per heavy atom. The molecule has 0 aromatic heterocycles. The van der Waals surface area contributed by atoms with E-state index in [2.05, 4.69) is 0 Å². The zero-order valence-corrected chi connectivity index (χ0v) is 11.7. The Morgan fingerprint density at radius 1 is 1.23 bits per heavy atom. The van der Waals surface area contributed by atoms with Crippen LogP contribution in [-0.2, 0) is 9.59 Å². The van der Waals surface area contributed by atoms with Crippen LogP contribution >= 0.6 is 0 Å². The molecule has 22 heavy (non-hydrogen) atoms. The van der Waals surface area contributed by atoms with Crippen LogP contribution in [0.25, 0.3) is 0 Å². The minimum absolute atomic E-state index is 0.232. The summed E-state index contributed by atoms with van der Waals surface area (Å²) in [4.78, 5) is 22.9.